The number of amides is 2. The molecule has 1 heterocycles. The molecule has 0 bridgehead atoms. The number of hydrogen-bond donors (Lipinski definition) is 3. The van der Waals surface area contributed by atoms with Crippen LogP contribution in [0.5, 0.6) is 0 Å². The van der Waals surface area contributed by atoms with Crippen LogP contribution in [0.1, 0.15) is 20.3 Å². The van der Waals surface area contributed by atoms with E-state index in [4.69, 9.17) is 5.26 Å². The number of carbonyl (C=O) groups is 2. The second-order valence-electron chi connectivity index (χ2n) is 4.21. The summed E-state index contributed by atoms with van der Waals surface area (Å²) in [5.41, 5.74) is 0. The van der Waals surface area contributed by atoms with E-state index >= 15 is 0 Å². The SMILES string of the molecule is C=C/C=c1/[nH]cc/c1=C/C.CC(=O)NCC(=O)NCCC#N. The fourth-order valence-corrected chi connectivity index (χ4v) is 1.43. The summed E-state index contributed by atoms with van der Waals surface area (Å²) in [6, 6.07) is 3.92. The van der Waals surface area contributed by atoms with Crippen LogP contribution in [0.2, 0.25) is 0 Å². The van der Waals surface area contributed by atoms with Gasteiger partial charge in [0.2, 0.25) is 11.8 Å². The second-order valence-corrected chi connectivity index (χ2v) is 4.21. The third-order valence-corrected chi connectivity index (χ3v) is 2.47. The molecule has 0 fully saturated rings. The van der Waals surface area contributed by atoms with Crippen molar-refractivity contribution in [1.29, 1.82) is 5.26 Å². The summed E-state index contributed by atoms with van der Waals surface area (Å²) in [5.74, 6) is -0.522. The molecule has 1 aromatic heterocycles. The Hall–Kier alpha value is -2.81. The lowest BCUT2D eigenvalue weighted by atomic mass is 10.4. The van der Waals surface area contributed by atoms with Gasteiger partial charge in [0.15, 0.2) is 0 Å². The summed E-state index contributed by atoms with van der Waals surface area (Å²) in [6.07, 6.45) is 8.00. The monoisotopic (exact) mass is 302 g/mol. The molecule has 0 aromatic carbocycles. The van der Waals surface area contributed by atoms with E-state index < -0.39 is 0 Å². The Kier molecular flexibility index (Phi) is 10.4. The minimum Gasteiger partial charge on any atom is -0.361 e. The fraction of sp³-hybridized carbons (Fsp3) is 0.312. The van der Waals surface area contributed by atoms with Crippen LogP contribution in [0.25, 0.3) is 12.2 Å². The molecule has 0 radical (unpaired) electrons. The van der Waals surface area contributed by atoms with Gasteiger partial charge in [0.1, 0.15) is 0 Å². The van der Waals surface area contributed by atoms with Crippen molar-refractivity contribution in [2.24, 2.45) is 0 Å². The van der Waals surface area contributed by atoms with Crippen LogP contribution in [-0.4, -0.2) is 29.9 Å². The first-order valence-electron chi connectivity index (χ1n) is 6.85. The van der Waals surface area contributed by atoms with Gasteiger partial charge in [-0.1, -0.05) is 18.7 Å². The van der Waals surface area contributed by atoms with Gasteiger partial charge >= 0.3 is 0 Å². The van der Waals surface area contributed by atoms with Crippen molar-refractivity contribution in [2.45, 2.75) is 20.3 Å². The predicted molar refractivity (Wildman–Crippen MR) is 86.8 cm³/mol. The van der Waals surface area contributed by atoms with Crippen LogP contribution in [0.15, 0.2) is 24.9 Å². The summed E-state index contributed by atoms with van der Waals surface area (Å²) >= 11 is 0. The largest absolute Gasteiger partial charge is 0.361 e. The maximum Gasteiger partial charge on any atom is 0.239 e. The predicted octanol–water partition coefficient (Wildman–Crippen LogP) is -0.0660. The molecule has 0 saturated carbocycles. The van der Waals surface area contributed by atoms with Crippen molar-refractivity contribution in [3.63, 3.8) is 0 Å². The lowest BCUT2D eigenvalue weighted by Gasteiger charge is -2.02. The first-order chi connectivity index (χ1) is 10.5. The summed E-state index contributed by atoms with van der Waals surface area (Å²) in [4.78, 5) is 24.2. The van der Waals surface area contributed by atoms with Crippen LogP contribution in [0.4, 0.5) is 0 Å². The maximum atomic E-state index is 10.8. The number of nitriles is 1. The van der Waals surface area contributed by atoms with Gasteiger partial charge in [-0.2, -0.15) is 5.26 Å². The molecule has 0 saturated heterocycles. The van der Waals surface area contributed by atoms with E-state index in [1.807, 2.05) is 31.3 Å². The molecule has 6 heteroatoms. The van der Waals surface area contributed by atoms with E-state index in [-0.39, 0.29) is 24.8 Å². The summed E-state index contributed by atoms with van der Waals surface area (Å²) in [6.45, 7) is 7.28. The number of aromatic nitrogens is 1. The highest BCUT2D eigenvalue weighted by Gasteiger charge is 1.99. The molecule has 118 valence electrons. The summed E-state index contributed by atoms with van der Waals surface area (Å²) in [5, 5.41) is 15.3. The number of nitrogens with one attached hydrogen (secondary N) is 3. The van der Waals surface area contributed by atoms with Crippen LogP contribution in [-0.2, 0) is 9.59 Å². The Balaban J connectivity index is 0.000000406. The highest BCUT2D eigenvalue weighted by atomic mass is 16.2. The molecule has 2 amide bonds. The van der Waals surface area contributed by atoms with E-state index in [0.717, 1.165) is 5.35 Å². The normalized spacial score (nSPS) is 11.0. The van der Waals surface area contributed by atoms with E-state index in [9.17, 15) is 9.59 Å². The van der Waals surface area contributed by atoms with Gasteiger partial charge in [0, 0.05) is 25.0 Å². The maximum absolute atomic E-state index is 10.8. The molecular formula is C16H22N4O2. The average molecular weight is 302 g/mol. The third-order valence-electron chi connectivity index (χ3n) is 2.47. The Morgan fingerprint density at radius 3 is 2.73 bits per heavy atom. The molecule has 0 aliphatic heterocycles. The standard InChI is InChI=1S/C9H11N.C7H11N3O2/c1-3-5-9-8(4-2)6-7-10-9;1-6(11)10-5-7(12)9-4-2-3-8/h3-7,10H,1H2,2H3;2,4-5H2,1H3,(H,9,12)(H,10,11)/b8-4-,9-5+;. The lowest BCUT2D eigenvalue weighted by molar-refractivity contribution is -0.125. The molecule has 1 aromatic rings. The van der Waals surface area contributed by atoms with Gasteiger partial charge in [0.05, 0.1) is 19.0 Å². The van der Waals surface area contributed by atoms with E-state index in [1.165, 1.54) is 12.1 Å². The summed E-state index contributed by atoms with van der Waals surface area (Å²) < 4.78 is 0. The van der Waals surface area contributed by atoms with Crippen molar-refractivity contribution >= 4 is 24.0 Å². The quantitative estimate of drug-likeness (QED) is 0.664. The minimum absolute atomic E-state index is 0.0270. The molecule has 0 unspecified atom stereocenters. The minimum atomic E-state index is -0.277. The zero-order valence-corrected chi connectivity index (χ0v) is 13.0. The van der Waals surface area contributed by atoms with Gasteiger partial charge in [0.25, 0.3) is 0 Å². The zero-order valence-electron chi connectivity index (χ0n) is 13.0. The lowest BCUT2D eigenvalue weighted by Crippen LogP contribution is -2.36. The van der Waals surface area contributed by atoms with Crippen LogP contribution < -0.4 is 21.2 Å². The van der Waals surface area contributed by atoms with Crippen LogP contribution in [0.3, 0.4) is 0 Å². The van der Waals surface area contributed by atoms with Gasteiger partial charge in [-0.3, -0.25) is 9.59 Å². The fourth-order valence-electron chi connectivity index (χ4n) is 1.43. The van der Waals surface area contributed by atoms with E-state index in [1.54, 1.807) is 6.08 Å². The number of rotatable bonds is 5. The topological polar surface area (TPSA) is 97.8 Å². The second kappa shape index (κ2) is 12.0. The first-order valence-corrected chi connectivity index (χ1v) is 6.85. The van der Waals surface area contributed by atoms with Crippen molar-refractivity contribution in [3.05, 3.63) is 35.5 Å². The number of allylic oxidation sites excluding steroid dienone is 1. The van der Waals surface area contributed by atoms with Crippen molar-refractivity contribution < 1.29 is 9.59 Å². The molecule has 0 spiro atoms. The summed E-state index contributed by atoms with van der Waals surface area (Å²) in [7, 11) is 0. The van der Waals surface area contributed by atoms with Gasteiger partial charge in [-0.15, -0.1) is 0 Å². The first kappa shape index (κ1) is 19.2. The highest BCUT2D eigenvalue weighted by molar-refractivity contribution is 5.83. The van der Waals surface area contributed by atoms with Crippen LogP contribution >= 0.6 is 0 Å². The molecule has 0 atom stereocenters. The van der Waals surface area contributed by atoms with Crippen molar-refractivity contribution in [3.8, 4) is 6.07 Å². The van der Waals surface area contributed by atoms with Crippen LogP contribution in [0, 0.1) is 11.3 Å². The van der Waals surface area contributed by atoms with E-state index in [0.29, 0.717) is 6.54 Å². The molecule has 22 heavy (non-hydrogen) atoms. The smallest absolute Gasteiger partial charge is 0.239 e. The number of hydrogen-bond acceptors (Lipinski definition) is 3. The van der Waals surface area contributed by atoms with E-state index in [2.05, 4.69) is 28.3 Å². The Morgan fingerprint density at radius 2 is 2.18 bits per heavy atom. The molecule has 0 aliphatic rings. The molecule has 0 aliphatic carbocycles. The Morgan fingerprint density at radius 1 is 1.45 bits per heavy atom. The number of carbonyl (C=O) groups excluding carboxylic acids is 2. The van der Waals surface area contributed by atoms with Gasteiger partial charge in [-0.25, -0.2) is 0 Å². The Labute approximate surface area is 130 Å². The molecule has 6 nitrogen and oxygen atoms in total. The average Bonchev–Trinajstić information content (AvgIpc) is 2.94. The zero-order chi connectivity index (χ0) is 16.8. The third kappa shape index (κ3) is 9.15. The molecule has 3 N–H and O–H groups in total. The number of nitrogens with zero attached hydrogens (tertiary/aromatic N) is 1. The van der Waals surface area contributed by atoms with Crippen molar-refractivity contribution in [2.75, 3.05) is 13.1 Å². The number of aromatic amines is 1. The Bertz CT molecular complexity index is 638. The van der Waals surface area contributed by atoms with Gasteiger partial charge < -0.3 is 15.6 Å². The molecular weight excluding hydrogens is 280 g/mol. The molecule has 1 rings (SSSR count). The van der Waals surface area contributed by atoms with Gasteiger partial charge in [-0.05, 0) is 24.3 Å². The highest BCUT2D eigenvalue weighted by Crippen LogP contribution is 1.71. The van der Waals surface area contributed by atoms with Crippen molar-refractivity contribution in [1.82, 2.24) is 15.6 Å². The number of H-pyrrole nitrogens is 1.